The number of carbonyl (C=O) groups is 3. The Hall–Kier alpha value is -2.41. The van der Waals surface area contributed by atoms with Crippen molar-refractivity contribution in [3.8, 4) is 0 Å². The van der Waals surface area contributed by atoms with E-state index in [0.717, 1.165) is 45.3 Å². The molecule has 3 aliphatic rings. The molecule has 2 aliphatic heterocycles. The highest BCUT2D eigenvalue weighted by Gasteiger charge is 2.56. The fourth-order valence-electron chi connectivity index (χ4n) is 5.24. The lowest BCUT2D eigenvalue weighted by molar-refractivity contribution is -0.140. The number of rotatable bonds is 4. The molecule has 0 N–H and O–H groups in total. The highest BCUT2D eigenvalue weighted by molar-refractivity contribution is 6.08. The molecule has 31 heavy (non-hydrogen) atoms. The van der Waals surface area contributed by atoms with Gasteiger partial charge in [-0.2, -0.15) is 0 Å². The monoisotopic (exact) mass is 426 g/mol. The summed E-state index contributed by atoms with van der Waals surface area (Å²) in [5.41, 5.74) is 1.81. The molecule has 1 saturated carbocycles. The van der Waals surface area contributed by atoms with Crippen molar-refractivity contribution in [1.82, 2.24) is 19.6 Å². The van der Waals surface area contributed by atoms with Gasteiger partial charge in [0.1, 0.15) is 12.1 Å². The second-order valence-corrected chi connectivity index (χ2v) is 9.32. The lowest BCUT2D eigenvalue weighted by Gasteiger charge is -2.35. The van der Waals surface area contributed by atoms with Crippen molar-refractivity contribution in [3.05, 3.63) is 35.4 Å². The van der Waals surface area contributed by atoms with Crippen LogP contribution in [-0.4, -0.2) is 82.8 Å². The van der Waals surface area contributed by atoms with Gasteiger partial charge < -0.3 is 9.80 Å². The third-order valence-electron chi connectivity index (χ3n) is 7.25. The molecule has 2 heterocycles. The summed E-state index contributed by atoms with van der Waals surface area (Å²) in [6.07, 6.45) is 5.31. The smallest absolute Gasteiger partial charge is 0.327 e. The quantitative estimate of drug-likeness (QED) is 0.695. The predicted molar refractivity (Wildman–Crippen MR) is 118 cm³/mol. The Labute approximate surface area is 185 Å². The number of amides is 4. The van der Waals surface area contributed by atoms with Crippen LogP contribution in [0, 0.1) is 6.92 Å². The molecule has 2 saturated heterocycles. The Morgan fingerprint density at radius 1 is 0.935 bits per heavy atom. The summed E-state index contributed by atoms with van der Waals surface area (Å²) in [5.74, 6) is -0.302. The number of urea groups is 1. The van der Waals surface area contributed by atoms with E-state index in [1.54, 1.807) is 11.9 Å². The molecule has 0 bridgehead atoms. The zero-order chi connectivity index (χ0) is 22.0. The third-order valence-corrected chi connectivity index (χ3v) is 7.25. The molecule has 1 spiro atoms. The van der Waals surface area contributed by atoms with Crippen LogP contribution in [0.2, 0.25) is 0 Å². The molecule has 0 atom stereocenters. The maximum absolute atomic E-state index is 13.2. The fraction of sp³-hybridized carbons (Fsp3) is 0.625. The van der Waals surface area contributed by atoms with Crippen molar-refractivity contribution < 1.29 is 14.4 Å². The Morgan fingerprint density at radius 3 is 2.35 bits per heavy atom. The number of benzene rings is 1. The van der Waals surface area contributed by atoms with Gasteiger partial charge in [0.2, 0.25) is 5.91 Å². The van der Waals surface area contributed by atoms with E-state index >= 15 is 0 Å². The standard InChI is InChI=1S/C24H34N4O3/c1-19-7-9-20(10-8-19)17-26-13-6-14-27(16-15-26)21(29)18-28-22(30)24(25(2)23(28)31)11-4-3-5-12-24/h7-10H,3-6,11-18H2,1-2H3. The highest BCUT2D eigenvalue weighted by Crippen LogP contribution is 2.39. The number of hydrogen-bond donors (Lipinski definition) is 0. The van der Waals surface area contributed by atoms with Gasteiger partial charge in [0, 0.05) is 39.8 Å². The lowest BCUT2D eigenvalue weighted by atomic mass is 9.81. The zero-order valence-electron chi connectivity index (χ0n) is 18.8. The molecule has 1 aromatic carbocycles. The van der Waals surface area contributed by atoms with Crippen LogP contribution in [0.1, 0.15) is 49.7 Å². The Morgan fingerprint density at radius 2 is 1.65 bits per heavy atom. The highest BCUT2D eigenvalue weighted by atomic mass is 16.2. The van der Waals surface area contributed by atoms with E-state index < -0.39 is 5.54 Å². The normalized spacial score (nSPS) is 22.3. The minimum absolute atomic E-state index is 0.125. The topological polar surface area (TPSA) is 64.2 Å². The average Bonchev–Trinajstić information content (AvgIpc) is 2.96. The van der Waals surface area contributed by atoms with Crippen molar-refractivity contribution in [1.29, 1.82) is 0 Å². The Kier molecular flexibility index (Phi) is 6.32. The van der Waals surface area contributed by atoms with Gasteiger partial charge in [-0.05, 0) is 31.7 Å². The summed E-state index contributed by atoms with van der Waals surface area (Å²) < 4.78 is 0. The Bertz CT molecular complexity index is 832. The van der Waals surface area contributed by atoms with Crippen LogP contribution < -0.4 is 0 Å². The molecular weight excluding hydrogens is 392 g/mol. The maximum atomic E-state index is 13.2. The molecule has 1 aliphatic carbocycles. The number of aryl methyl sites for hydroxylation is 1. The van der Waals surface area contributed by atoms with E-state index in [4.69, 9.17) is 0 Å². The number of carbonyl (C=O) groups excluding carboxylic acids is 3. The van der Waals surface area contributed by atoms with Crippen LogP contribution >= 0.6 is 0 Å². The molecule has 7 heteroatoms. The molecule has 0 radical (unpaired) electrons. The molecule has 4 amide bonds. The van der Waals surface area contributed by atoms with Gasteiger partial charge in [-0.15, -0.1) is 0 Å². The van der Waals surface area contributed by atoms with E-state index in [2.05, 4.69) is 36.1 Å². The summed E-state index contributed by atoms with van der Waals surface area (Å²) in [5, 5.41) is 0. The van der Waals surface area contributed by atoms with Gasteiger partial charge in [0.25, 0.3) is 5.91 Å². The van der Waals surface area contributed by atoms with Gasteiger partial charge >= 0.3 is 6.03 Å². The minimum atomic E-state index is -0.723. The minimum Gasteiger partial charge on any atom is -0.340 e. The first-order valence-electron chi connectivity index (χ1n) is 11.6. The number of likely N-dealkylation sites (N-methyl/N-ethyl adjacent to an activating group) is 1. The van der Waals surface area contributed by atoms with E-state index in [1.165, 1.54) is 16.0 Å². The first-order chi connectivity index (χ1) is 14.9. The molecule has 3 fully saturated rings. The molecular formula is C24H34N4O3. The van der Waals surface area contributed by atoms with Crippen LogP contribution in [0.4, 0.5) is 4.79 Å². The van der Waals surface area contributed by atoms with Crippen molar-refractivity contribution >= 4 is 17.8 Å². The van der Waals surface area contributed by atoms with Crippen LogP contribution in [0.3, 0.4) is 0 Å². The van der Waals surface area contributed by atoms with Crippen LogP contribution in [-0.2, 0) is 16.1 Å². The van der Waals surface area contributed by atoms with E-state index in [9.17, 15) is 14.4 Å². The third kappa shape index (κ3) is 4.33. The Balaban J connectivity index is 1.35. The molecule has 168 valence electrons. The van der Waals surface area contributed by atoms with Crippen LogP contribution in [0.15, 0.2) is 24.3 Å². The first kappa shape index (κ1) is 21.8. The number of nitrogens with zero attached hydrogens (tertiary/aromatic N) is 4. The van der Waals surface area contributed by atoms with Gasteiger partial charge in [0.05, 0.1) is 0 Å². The van der Waals surface area contributed by atoms with E-state index in [0.29, 0.717) is 25.9 Å². The van der Waals surface area contributed by atoms with Crippen molar-refractivity contribution in [2.24, 2.45) is 0 Å². The number of imide groups is 1. The second-order valence-electron chi connectivity index (χ2n) is 9.32. The van der Waals surface area contributed by atoms with Gasteiger partial charge in [-0.25, -0.2) is 4.79 Å². The van der Waals surface area contributed by atoms with Crippen LogP contribution in [0.25, 0.3) is 0 Å². The average molecular weight is 427 g/mol. The summed E-state index contributed by atoms with van der Waals surface area (Å²) in [7, 11) is 1.71. The summed E-state index contributed by atoms with van der Waals surface area (Å²) in [6.45, 7) is 5.85. The molecule has 4 rings (SSSR count). The number of hydrogen-bond acceptors (Lipinski definition) is 4. The summed E-state index contributed by atoms with van der Waals surface area (Å²) >= 11 is 0. The maximum Gasteiger partial charge on any atom is 0.327 e. The van der Waals surface area contributed by atoms with Gasteiger partial charge in [-0.1, -0.05) is 49.1 Å². The van der Waals surface area contributed by atoms with Crippen molar-refractivity contribution in [3.63, 3.8) is 0 Å². The molecule has 0 unspecified atom stereocenters. The predicted octanol–water partition coefficient (Wildman–Crippen LogP) is 2.63. The van der Waals surface area contributed by atoms with Gasteiger partial charge in [-0.3, -0.25) is 19.4 Å². The molecule has 7 nitrogen and oxygen atoms in total. The summed E-state index contributed by atoms with van der Waals surface area (Å²) in [6, 6.07) is 8.25. The first-order valence-corrected chi connectivity index (χ1v) is 11.6. The van der Waals surface area contributed by atoms with Gasteiger partial charge in [0.15, 0.2) is 0 Å². The lowest BCUT2D eigenvalue weighted by Crippen LogP contribution is -2.49. The van der Waals surface area contributed by atoms with Crippen molar-refractivity contribution in [2.75, 3.05) is 39.8 Å². The van der Waals surface area contributed by atoms with E-state index in [1.807, 2.05) is 4.90 Å². The molecule has 1 aromatic rings. The van der Waals surface area contributed by atoms with Crippen LogP contribution in [0.5, 0.6) is 0 Å². The SMILES string of the molecule is Cc1ccc(CN2CCCN(C(=O)CN3C(=O)N(C)C4(CCCCC4)C3=O)CC2)cc1. The molecule has 0 aromatic heterocycles. The van der Waals surface area contributed by atoms with E-state index in [-0.39, 0.29) is 24.4 Å². The summed E-state index contributed by atoms with van der Waals surface area (Å²) in [4.78, 5) is 46.0. The fourth-order valence-corrected chi connectivity index (χ4v) is 5.24. The van der Waals surface area contributed by atoms with Crippen molar-refractivity contribution in [2.45, 2.75) is 57.5 Å². The largest absolute Gasteiger partial charge is 0.340 e. The second kappa shape index (κ2) is 8.99. The zero-order valence-corrected chi connectivity index (χ0v) is 18.8.